The fraction of sp³-hybridized carbons (Fsp3) is 0.400. The molecule has 1 aliphatic rings. The first-order chi connectivity index (χ1) is 13.8. The van der Waals surface area contributed by atoms with Gasteiger partial charge in [0.05, 0.1) is 30.3 Å². The average molecular weight is 400 g/mol. The first-order valence-electron chi connectivity index (χ1n) is 9.29. The zero-order valence-corrected chi connectivity index (χ0v) is 16.6. The largest absolute Gasteiger partial charge is 0.481 e. The first kappa shape index (κ1) is 20.4. The molecule has 0 spiro atoms. The van der Waals surface area contributed by atoms with Crippen LogP contribution in [0, 0.1) is 11.8 Å². The van der Waals surface area contributed by atoms with Crippen LogP contribution in [-0.4, -0.2) is 32.7 Å². The van der Waals surface area contributed by atoms with Gasteiger partial charge in [-0.3, -0.25) is 19.1 Å². The van der Waals surface area contributed by atoms with E-state index < -0.39 is 29.6 Å². The van der Waals surface area contributed by atoms with E-state index in [-0.39, 0.29) is 17.9 Å². The molecule has 0 saturated heterocycles. The van der Waals surface area contributed by atoms with Crippen molar-refractivity contribution < 1.29 is 23.9 Å². The number of anilines is 1. The number of aryl methyl sites for hydroxylation is 1. The summed E-state index contributed by atoms with van der Waals surface area (Å²) in [5.74, 6) is -2.83. The van der Waals surface area contributed by atoms with Gasteiger partial charge in [0.25, 0.3) is 5.91 Å². The molecule has 1 aliphatic carbocycles. The van der Waals surface area contributed by atoms with E-state index in [0.29, 0.717) is 18.6 Å². The number of hydrogen-bond donors (Lipinski definition) is 3. The summed E-state index contributed by atoms with van der Waals surface area (Å²) in [6.07, 6.45) is 3.74. The lowest BCUT2D eigenvalue weighted by atomic mass is 9.76. The smallest absolute Gasteiger partial charge is 0.307 e. The number of aromatic nitrogens is 2. The molecule has 0 fully saturated rings. The average Bonchev–Trinajstić information content (AvgIpc) is 3.31. The molecule has 2 aromatic rings. The minimum atomic E-state index is -1.00. The molecule has 0 bridgehead atoms. The highest BCUT2D eigenvalue weighted by atomic mass is 16.4. The third-order valence-corrected chi connectivity index (χ3v) is 5.23. The van der Waals surface area contributed by atoms with Crippen LogP contribution in [0.1, 0.15) is 42.9 Å². The number of rotatable bonds is 6. The van der Waals surface area contributed by atoms with E-state index in [1.165, 1.54) is 17.1 Å². The quantitative estimate of drug-likeness (QED) is 0.639. The number of furan rings is 1. The molecule has 0 aliphatic heterocycles. The number of aliphatic carboxylic acids is 1. The van der Waals surface area contributed by atoms with Crippen LogP contribution in [0.15, 0.2) is 40.2 Å². The molecule has 3 N–H and O–H groups in total. The number of amides is 2. The first-order valence-corrected chi connectivity index (χ1v) is 9.29. The lowest BCUT2D eigenvalue weighted by Gasteiger charge is -2.29. The standard InChI is InChI=1S/C20H24N4O5/c1-11-7-14(15(20(27)28)8-12(11)2)18(25)22-16-10-24(3)23-17(16)19(26)21-9-13-5-4-6-29-13/h4-6,10,14-15H,7-9H2,1-3H3,(H,21,26)(H,22,25)(H,27,28)/t14-,15-/m0/s1. The van der Waals surface area contributed by atoms with Gasteiger partial charge in [0.15, 0.2) is 5.69 Å². The molecule has 0 radical (unpaired) electrons. The summed E-state index contributed by atoms with van der Waals surface area (Å²) >= 11 is 0. The molecule has 2 amide bonds. The summed E-state index contributed by atoms with van der Waals surface area (Å²) in [6, 6.07) is 3.45. The third-order valence-electron chi connectivity index (χ3n) is 5.23. The van der Waals surface area contributed by atoms with E-state index in [9.17, 15) is 19.5 Å². The summed E-state index contributed by atoms with van der Waals surface area (Å²) in [4.78, 5) is 37.1. The Morgan fingerprint density at radius 2 is 1.93 bits per heavy atom. The van der Waals surface area contributed by atoms with Crippen LogP contribution in [0.5, 0.6) is 0 Å². The molecule has 0 saturated carbocycles. The van der Waals surface area contributed by atoms with Crippen LogP contribution < -0.4 is 10.6 Å². The molecule has 154 valence electrons. The third kappa shape index (κ3) is 4.56. The monoisotopic (exact) mass is 400 g/mol. The second kappa shape index (κ2) is 8.34. The molecule has 2 heterocycles. The van der Waals surface area contributed by atoms with Crippen LogP contribution in [0.3, 0.4) is 0 Å². The zero-order valence-electron chi connectivity index (χ0n) is 16.6. The second-order valence-corrected chi connectivity index (χ2v) is 7.34. The Balaban J connectivity index is 1.75. The Labute approximate surface area is 167 Å². The number of carboxylic acids is 1. The SMILES string of the molecule is CC1=C(C)C[C@H](C(=O)Nc2cn(C)nc2C(=O)NCc2ccco2)[C@@H](C(=O)O)C1. The van der Waals surface area contributed by atoms with E-state index in [2.05, 4.69) is 15.7 Å². The Bertz CT molecular complexity index is 958. The van der Waals surface area contributed by atoms with Crippen molar-refractivity contribution in [1.29, 1.82) is 0 Å². The normalized spacial score (nSPS) is 19.1. The Morgan fingerprint density at radius 1 is 1.24 bits per heavy atom. The molecular weight excluding hydrogens is 376 g/mol. The zero-order chi connectivity index (χ0) is 21.1. The molecule has 0 aromatic carbocycles. The number of allylic oxidation sites excluding steroid dienone is 2. The molecule has 2 atom stereocenters. The van der Waals surface area contributed by atoms with Gasteiger partial charge in [-0.05, 0) is 38.8 Å². The molecule has 0 unspecified atom stereocenters. The highest BCUT2D eigenvalue weighted by Crippen LogP contribution is 2.35. The van der Waals surface area contributed by atoms with Crippen LogP contribution in [-0.2, 0) is 23.2 Å². The lowest BCUT2D eigenvalue weighted by molar-refractivity contribution is -0.146. The van der Waals surface area contributed by atoms with Crippen molar-refractivity contribution in [3.8, 4) is 0 Å². The summed E-state index contributed by atoms with van der Waals surface area (Å²) in [6.45, 7) is 3.98. The highest BCUT2D eigenvalue weighted by Gasteiger charge is 2.37. The lowest BCUT2D eigenvalue weighted by Crippen LogP contribution is -2.37. The van der Waals surface area contributed by atoms with E-state index in [1.807, 2.05) is 13.8 Å². The Hall–Kier alpha value is -3.36. The number of carboxylic acid groups (broad SMARTS) is 1. The van der Waals surface area contributed by atoms with E-state index in [0.717, 1.165) is 11.1 Å². The number of nitrogens with one attached hydrogen (secondary N) is 2. The summed E-state index contributed by atoms with van der Waals surface area (Å²) in [5.41, 5.74) is 2.31. The Morgan fingerprint density at radius 3 is 2.55 bits per heavy atom. The van der Waals surface area contributed by atoms with E-state index in [4.69, 9.17) is 4.42 Å². The van der Waals surface area contributed by atoms with Gasteiger partial charge in [0.2, 0.25) is 5.91 Å². The van der Waals surface area contributed by atoms with Gasteiger partial charge >= 0.3 is 5.97 Å². The van der Waals surface area contributed by atoms with Crippen molar-refractivity contribution in [3.63, 3.8) is 0 Å². The number of hydrogen-bond acceptors (Lipinski definition) is 5. The topological polar surface area (TPSA) is 126 Å². The number of carbonyl (C=O) groups is 3. The minimum Gasteiger partial charge on any atom is -0.481 e. The van der Waals surface area contributed by atoms with Gasteiger partial charge in [0.1, 0.15) is 5.76 Å². The summed E-state index contributed by atoms with van der Waals surface area (Å²) in [5, 5.41) is 19.1. The van der Waals surface area contributed by atoms with Crippen LogP contribution in [0.4, 0.5) is 5.69 Å². The molecule has 2 aromatic heterocycles. The van der Waals surface area contributed by atoms with Gasteiger partial charge in [0, 0.05) is 13.2 Å². The maximum absolute atomic E-state index is 12.9. The van der Waals surface area contributed by atoms with Crippen LogP contribution in [0.25, 0.3) is 0 Å². The van der Waals surface area contributed by atoms with E-state index >= 15 is 0 Å². The van der Waals surface area contributed by atoms with Gasteiger partial charge in [-0.2, -0.15) is 5.10 Å². The minimum absolute atomic E-state index is 0.0542. The van der Waals surface area contributed by atoms with Gasteiger partial charge in [-0.25, -0.2) is 0 Å². The van der Waals surface area contributed by atoms with Crippen LogP contribution in [0.2, 0.25) is 0 Å². The van der Waals surface area contributed by atoms with Crippen molar-refractivity contribution in [2.45, 2.75) is 33.2 Å². The predicted octanol–water partition coefficient (Wildman–Crippen LogP) is 2.33. The van der Waals surface area contributed by atoms with Gasteiger partial charge < -0.3 is 20.2 Å². The number of carbonyl (C=O) groups excluding carboxylic acids is 2. The highest BCUT2D eigenvalue weighted by molar-refractivity contribution is 6.03. The van der Waals surface area contributed by atoms with Crippen LogP contribution >= 0.6 is 0 Å². The Kier molecular flexibility index (Phi) is 5.86. The second-order valence-electron chi connectivity index (χ2n) is 7.34. The summed E-state index contributed by atoms with van der Waals surface area (Å²) in [7, 11) is 1.63. The fourth-order valence-electron chi connectivity index (χ4n) is 3.46. The maximum Gasteiger partial charge on any atom is 0.307 e. The molecule has 3 rings (SSSR count). The molecule has 29 heavy (non-hydrogen) atoms. The van der Waals surface area contributed by atoms with Gasteiger partial charge in [-0.1, -0.05) is 11.1 Å². The van der Waals surface area contributed by atoms with Gasteiger partial charge in [-0.15, -0.1) is 0 Å². The van der Waals surface area contributed by atoms with Crippen molar-refractivity contribution in [2.75, 3.05) is 5.32 Å². The fourth-order valence-corrected chi connectivity index (χ4v) is 3.46. The summed E-state index contributed by atoms with van der Waals surface area (Å²) < 4.78 is 6.60. The van der Waals surface area contributed by atoms with Crippen molar-refractivity contribution in [2.24, 2.45) is 18.9 Å². The molecule has 9 heteroatoms. The maximum atomic E-state index is 12.9. The van der Waals surface area contributed by atoms with Crippen molar-refractivity contribution >= 4 is 23.5 Å². The van der Waals surface area contributed by atoms with Crippen molar-refractivity contribution in [3.05, 3.63) is 47.2 Å². The number of nitrogens with zero attached hydrogens (tertiary/aromatic N) is 2. The predicted molar refractivity (Wildman–Crippen MR) is 104 cm³/mol. The van der Waals surface area contributed by atoms with Crippen molar-refractivity contribution in [1.82, 2.24) is 15.1 Å². The van der Waals surface area contributed by atoms with E-state index in [1.54, 1.807) is 19.2 Å². The molecule has 9 nitrogen and oxygen atoms in total. The molecular formula is C20H24N4O5.